The Hall–Kier alpha value is -4.75. The lowest BCUT2D eigenvalue weighted by molar-refractivity contribution is -0.136. The summed E-state index contributed by atoms with van der Waals surface area (Å²) >= 11 is 0. The van der Waals surface area contributed by atoms with Gasteiger partial charge < -0.3 is 41.8 Å². The molecule has 1 aliphatic rings. The molecule has 0 spiro atoms. The Kier molecular flexibility index (Phi) is 10.9. The monoisotopic (exact) mass is 620 g/mol. The fourth-order valence-electron chi connectivity index (χ4n) is 5.23. The van der Waals surface area contributed by atoms with Crippen LogP contribution in [0.15, 0.2) is 60.8 Å². The Bertz CT molecular complexity index is 1520. The standard InChI is InChI=1S/C32H40N6O7/c1-17(2)26-31(44)38-27(18(3)40)32(45)35-24(14-20-15-33-22-12-8-7-11-21(20)22)28(41)36-25(16-39)30(43)34-23(29(42)37-26)13-19-9-5-4-6-10-19/h4-12,15,17-18,23-27,33,39-40H,13-14,16H2,1-3H3,(H,34,43)(H,35,45)(H,36,41)(H,37,42)(H,38,44)/t18-,23+,24+,25+,26+,27+/m1/s1. The molecule has 5 amide bonds. The molecule has 6 atom stereocenters. The summed E-state index contributed by atoms with van der Waals surface area (Å²) < 4.78 is 0. The maximum absolute atomic E-state index is 13.6. The maximum Gasteiger partial charge on any atom is 0.245 e. The van der Waals surface area contributed by atoms with Gasteiger partial charge in [-0.2, -0.15) is 0 Å². The molecule has 1 aliphatic heterocycles. The molecule has 1 fully saturated rings. The smallest absolute Gasteiger partial charge is 0.245 e. The highest BCUT2D eigenvalue weighted by molar-refractivity contribution is 5.98. The van der Waals surface area contributed by atoms with Gasteiger partial charge in [0.15, 0.2) is 0 Å². The highest BCUT2D eigenvalue weighted by atomic mass is 16.3. The van der Waals surface area contributed by atoms with Crippen LogP contribution in [0.3, 0.4) is 0 Å². The average Bonchev–Trinajstić information content (AvgIpc) is 3.42. The predicted octanol–water partition coefficient (Wildman–Crippen LogP) is -0.580. The van der Waals surface area contributed by atoms with Gasteiger partial charge in [0, 0.05) is 29.9 Å². The van der Waals surface area contributed by atoms with Crippen LogP contribution in [0.4, 0.5) is 0 Å². The molecule has 4 rings (SSSR count). The van der Waals surface area contributed by atoms with E-state index < -0.39 is 78.4 Å². The molecular formula is C32H40N6O7. The zero-order valence-electron chi connectivity index (χ0n) is 25.4. The topological polar surface area (TPSA) is 202 Å². The molecule has 1 saturated heterocycles. The van der Waals surface area contributed by atoms with E-state index in [-0.39, 0.29) is 12.8 Å². The number of carbonyl (C=O) groups excluding carboxylic acids is 5. The molecule has 45 heavy (non-hydrogen) atoms. The van der Waals surface area contributed by atoms with E-state index in [9.17, 15) is 34.2 Å². The number of nitrogens with one attached hydrogen (secondary N) is 6. The van der Waals surface area contributed by atoms with Gasteiger partial charge in [-0.05, 0) is 30.0 Å². The number of para-hydroxylation sites is 1. The van der Waals surface area contributed by atoms with Crippen molar-refractivity contribution < 1.29 is 34.2 Å². The fraction of sp³-hybridized carbons (Fsp3) is 0.406. The maximum atomic E-state index is 13.6. The molecular weight excluding hydrogens is 580 g/mol. The third-order valence-corrected chi connectivity index (χ3v) is 7.77. The second-order valence-corrected chi connectivity index (χ2v) is 11.6. The van der Waals surface area contributed by atoms with E-state index in [0.29, 0.717) is 11.1 Å². The Morgan fingerprint density at radius 3 is 1.84 bits per heavy atom. The Morgan fingerprint density at radius 1 is 0.644 bits per heavy atom. The first-order chi connectivity index (χ1) is 21.5. The number of benzene rings is 2. The van der Waals surface area contributed by atoms with E-state index in [2.05, 4.69) is 31.6 Å². The summed E-state index contributed by atoms with van der Waals surface area (Å²) in [5, 5.41) is 34.3. The highest BCUT2D eigenvalue weighted by Gasteiger charge is 2.36. The number of H-pyrrole nitrogens is 1. The molecule has 240 valence electrons. The molecule has 2 heterocycles. The van der Waals surface area contributed by atoms with Crippen LogP contribution < -0.4 is 26.6 Å². The van der Waals surface area contributed by atoms with Crippen LogP contribution in [0.1, 0.15) is 31.9 Å². The summed E-state index contributed by atoms with van der Waals surface area (Å²) in [7, 11) is 0. The minimum Gasteiger partial charge on any atom is -0.394 e. The quantitative estimate of drug-likeness (QED) is 0.173. The van der Waals surface area contributed by atoms with E-state index in [0.717, 1.165) is 10.9 Å². The number of aliphatic hydroxyl groups excluding tert-OH is 2. The van der Waals surface area contributed by atoms with E-state index in [1.54, 1.807) is 50.4 Å². The van der Waals surface area contributed by atoms with Gasteiger partial charge in [-0.3, -0.25) is 24.0 Å². The van der Waals surface area contributed by atoms with Crippen molar-refractivity contribution in [1.29, 1.82) is 0 Å². The second kappa shape index (κ2) is 14.8. The van der Waals surface area contributed by atoms with Gasteiger partial charge in [0.1, 0.15) is 30.2 Å². The van der Waals surface area contributed by atoms with Gasteiger partial charge in [-0.15, -0.1) is 0 Å². The summed E-state index contributed by atoms with van der Waals surface area (Å²) in [6.07, 6.45) is 0.357. The van der Waals surface area contributed by atoms with Crippen LogP contribution >= 0.6 is 0 Å². The van der Waals surface area contributed by atoms with Crippen LogP contribution in [-0.2, 0) is 36.8 Å². The van der Waals surface area contributed by atoms with Gasteiger partial charge in [-0.25, -0.2) is 0 Å². The first-order valence-electron chi connectivity index (χ1n) is 14.9. The number of fused-ring (bicyclic) bond motifs is 1. The summed E-state index contributed by atoms with van der Waals surface area (Å²) in [6, 6.07) is 9.72. The van der Waals surface area contributed by atoms with Gasteiger partial charge in [0.2, 0.25) is 29.5 Å². The minimum absolute atomic E-state index is 0.0207. The van der Waals surface area contributed by atoms with Gasteiger partial charge in [0.25, 0.3) is 0 Å². The van der Waals surface area contributed by atoms with Crippen LogP contribution in [0.25, 0.3) is 10.9 Å². The summed E-state index contributed by atoms with van der Waals surface area (Å²) in [5.41, 5.74) is 2.21. The van der Waals surface area contributed by atoms with Crippen molar-refractivity contribution in [3.63, 3.8) is 0 Å². The molecule has 0 bridgehead atoms. The Morgan fingerprint density at radius 2 is 1.18 bits per heavy atom. The zero-order valence-corrected chi connectivity index (χ0v) is 25.4. The normalized spacial score (nSPS) is 24.5. The number of aliphatic hydroxyl groups is 2. The zero-order chi connectivity index (χ0) is 32.7. The van der Waals surface area contributed by atoms with Crippen LogP contribution in [0.2, 0.25) is 0 Å². The Labute approximate surface area is 260 Å². The van der Waals surface area contributed by atoms with E-state index in [1.807, 2.05) is 24.3 Å². The molecule has 2 aromatic carbocycles. The van der Waals surface area contributed by atoms with Crippen LogP contribution in [0.5, 0.6) is 0 Å². The first-order valence-corrected chi connectivity index (χ1v) is 14.9. The lowest BCUT2D eigenvalue weighted by Crippen LogP contribution is -2.61. The predicted molar refractivity (Wildman–Crippen MR) is 165 cm³/mol. The van der Waals surface area contributed by atoms with E-state index >= 15 is 0 Å². The number of rotatable bonds is 7. The summed E-state index contributed by atoms with van der Waals surface area (Å²) in [4.78, 5) is 70.7. The largest absolute Gasteiger partial charge is 0.394 e. The first kappa shape index (κ1) is 33.1. The third kappa shape index (κ3) is 8.25. The molecule has 0 unspecified atom stereocenters. The SMILES string of the molecule is CC(C)[C@@H]1NC(=O)[C@H](Cc2ccccc2)NC(=O)[C@H](CO)NC(=O)[C@H](Cc2c[nH]c3ccccc23)NC(=O)[C@H]([C@@H](C)O)NC1=O. The molecule has 13 heteroatoms. The molecule has 13 nitrogen and oxygen atoms in total. The number of aromatic amines is 1. The lowest BCUT2D eigenvalue weighted by atomic mass is 10.00. The van der Waals surface area contributed by atoms with Gasteiger partial charge in [0.05, 0.1) is 12.7 Å². The number of amides is 5. The fourth-order valence-corrected chi connectivity index (χ4v) is 5.23. The second-order valence-electron chi connectivity index (χ2n) is 11.6. The number of aromatic nitrogens is 1. The average molecular weight is 621 g/mol. The molecule has 1 aromatic heterocycles. The van der Waals surface area contributed by atoms with Crippen molar-refractivity contribution in [2.45, 2.75) is 69.9 Å². The molecule has 8 N–H and O–H groups in total. The third-order valence-electron chi connectivity index (χ3n) is 7.77. The summed E-state index contributed by atoms with van der Waals surface area (Å²) in [5.74, 6) is -4.34. The number of hydrogen-bond donors (Lipinski definition) is 8. The van der Waals surface area contributed by atoms with Crippen molar-refractivity contribution in [2.75, 3.05) is 6.61 Å². The van der Waals surface area contributed by atoms with Crippen molar-refractivity contribution in [2.24, 2.45) is 5.92 Å². The van der Waals surface area contributed by atoms with E-state index in [4.69, 9.17) is 0 Å². The molecule has 3 aromatic rings. The van der Waals surface area contributed by atoms with Crippen molar-refractivity contribution >= 4 is 40.4 Å². The summed E-state index contributed by atoms with van der Waals surface area (Å²) in [6.45, 7) is 3.91. The Balaban J connectivity index is 1.72. The van der Waals surface area contributed by atoms with Crippen molar-refractivity contribution in [3.8, 4) is 0 Å². The number of carbonyl (C=O) groups is 5. The molecule has 0 aliphatic carbocycles. The van der Waals surface area contributed by atoms with Gasteiger partial charge in [-0.1, -0.05) is 62.4 Å². The number of hydrogen-bond acceptors (Lipinski definition) is 7. The molecule has 0 saturated carbocycles. The van der Waals surface area contributed by atoms with Gasteiger partial charge >= 0.3 is 0 Å². The van der Waals surface area contributed by atoms with Crippen LogP contribution in [-0.4, -0.2) is 87.7 Å². The minimum atomic E-state index is -1.48. The molecule has 0 radical (unpaired) electrons. The van der Waals surface area contributed by atoms with E-state index in [1.165, 1.54) is 6.92 Å². The van der Waals surface area contributed by atoms with Crippen molar-refractivity contribution in [3.05, 3.63) is 71.9 Å². The lowest BCUT2D eigenvalue weighted by Gasteiger charge is -2.28. The highest BCUT2D eigenvalue weighted by Crippen LogP contribution is 2.19. The van der Waals surface area contributed by atoms with Crippen molar-refractivity contribution in [1.82, 2.24) is 31.6 Å². The van der Waals surface area contributed by atoms with Crippen LogP contribution in [0, 0.1) is 5.92 Å².